The van der Waals surface area contributed by atoms with E-state index in [1.165, 1.54) is 19.3 Å². The molecule has 1 aliphatic rings. The molecule has 0 aliphatic carbocycles. The van der Waals surface area contributed by atoms with E-state index in [0.717, 1.165) is 51.4 Å². The van der Waals surface area contributed by atoms with E-state index in [-0.39, 0.29) is 48.2 Å². The number of hydrogen-bond donors (Lipinski definition) is 1. The Morgan fingerprint density at radius 2 is 1.83 bits per heavy atom. The van der Waals surface area contributed by atoms with Crippen molar-refractivity contribution in [2.75, 3.05) is 0 Å². The number of rotatable bonds is 13. The Hall–Kier alpha value is 0.390. The molecule has 1 rings (SSSR count). The Morgan fingerprint density at radius 3 is 2.52 bits per heavy atom. The van der Waals surface area contributed by atoms with Crippen molar-refractivity contribution in [3.8, 4) is 0 Å². The molecule has 0 aromatic heterocycles. The molecule has 23 heavy (non-hydrogen) atoms. The second-order valence-corrected chi connectivity index (χ2v) is 6.62. The minimum Gasteiger partial charge on any atom is -0.550 e. The van der Waals surface area contributed by atoms with Gasteiger partial charge in [0.1, 0.15) is 0 Å². The zero-order chi connectivity index (χ0) is 16.2. The van der Waals surface area contributed by atoms with Crippen LogP contribution < -0.4 is 34.7 Å². The van der Waals surface area contributed by atoms with Crippen LogP contribution in [-0.4, -0.2) is 29.4 Å². The third-order valence-corrected chi connectivity index (χ3v) is 4.58. The van der Waals surface area contributed by atoms with E-state index < -0.39 is 5.97 Å². The second-order valence-electron chi connectivity index (χ2n) is 6.62. The normalized spacial score (nSPS) is 21.8. The third kappa shape index (κ3) is 11.5. The van der Waals surface area contributed by atoms with Gasteiger partial charge >= 0.3 is 29.6 Å². The van der Waals surface area contributed by atoms with Crippen LogP contribution in [-0.2, 0) is 9.53 Å². The molecule has 1 aliphatic heterocycles. The Labute approximate surface area is 163 Å². The number of carboxylic acids is 1. The summed E-state index contributed by atoms with van der Waals surface area (Å²) in [5.41, 5.74) is 0. The van der Waals surface area contributed by atoms with E-state index in [2.05, 4.69) is 6.92 Å². The van der Waals surface area contributed by atoms with Crippen LogP contribution >= 0.6 is 0 Å². The maximum Gasteiger partial charge on any atom is 1.00 e. The van der Waals surface area contributed by atoms with Crippen molar-refractivity contribution in [1.29, 1.82) is 0 Å². The zero-order valence-electron chi connectivity index (χ0n) is 15.1. The average molecular weight is 336 g/mol. The van der Waals surface area contributed by atoms with E-state index in [1.807, 2.05) is 0 Å². The van der Waals surface area contributed by atoms with Gasteiger partial charge in [-0.25, -0.2) is 0 Å². The first-order valence-electron chi connectivity index (χ1n) is 9.16. The number of carbonyl (C=O) groups excluding carboxylic acids is 1. The molecule has 3 unspecified atom stereocenters. The van der Waals surface area contributed by atoms with E-state index >= 15 is 0 Å². The maximum atomic E-state index is 10.3. The number of aliphatic carboxylic acids is 1. The molecule has 0 spiro atoms. The van der Waals surface area contributed by atoms with E-state index in [9.17, 15) is 15.0 Å². The minimum atomic E-state index is -0.956. The van der Waals surface area contributed by atoms with Crippen LogP contribution in [0.15, 0.2) is 0 Å². The zero-order valence-corrected chi connectivity index (χ0v) is 17.1. The largest absolute Gasteiger partial charge is 1.00 e. The molecule has 5 heteroatoms. The molecule has 0 amide bonds. The standard InChI is InChI=1S/C18H34O4.Na/c1-2-3-7-10-15-13-14-17(22-15)16(19)11-8-5-4-6-9-12-18(20)21;/h15-17,19H,2-14H2,1H3,(H,20,21);/q;+1/p-1. The number of carbonyl (C=O) groups is 1. The Morgan fingerprint density at radius 1 is 1.13 bits per heavy atom. The predicted molar refractivity (Wildman–Crippen MR) is 85.4 cm³/mol. The summed E-state index contributed by atoms with van der Waals surface area (Å²) in [5.74, 6) is -0.956. The molecular formula is C18H33NaO4. The molecule has 0 bridgehead atoms. The van der Waals surface area contributed by atoms with Gasteiger partial charge in [-0.05, 0) is 38.5 Å². The summed E-state index contributed by atoms with van der Waals surface area (Å²) in [6.45, 7) is 2.21. The number of aliphatic hydroxyl groups excluding tert-OH is 1. The van der Waals surface area contributed by atoms with Gasteiger partial charge in [-0.3, -0.25) is 0 Å². The van der Waals surface area contributed by atoms with Gasteiger partial charge in [0.25, 0.3) is 0 Å². The van der Waals surface area contributed by atoms with Crippen molar-refractivity contribution in [2.45, 2.75) is 109 Å². The molecule has 0 aromatic carbocycles. The van der Waals surface area contributed by atoms with Crippen molar-refractivity contribution in [3.63, 3.8) is 0 Å². The van der Waals surface area contributed by atoms with E-state index in [1.54, 1.807) is 0 Å². The first kappa shape index (κ1) is 23.4. The van der Waals surface area contributed by atoms with Gasteiger partial charge < -0.3 is 19.7 Å². The van der Waals surface area contributed by atoms with Crippen LogP contribution in [0.25, 0.3) is 0 Å². The molecule has 0 radical (unpaired) electrons. The Balaban J connectivity index is 0.00000484. The summed E-state index contributed by atoms with van der Waals surface area (Å²) in [6, 6.07) is 0. The molecule has 130 valence electrons. The minimum absolute atomic E-state index is 0. The molecule has 1 N–H and O–H groups in total. The first-order chi connectivity index (χ1) is 10.6. The van der Waals surface area contributed by atoms with Crippen LogP contribution in [0.1, 0.15) is 90.4 Å². The summed E-state index contributed by atoms with van der Waals surface area (Å²) in [6.07, 6.45) is 12.7. The fourth-order valence-electron chi connectivity index (χ4n) is 3.19. The molecular weight excluding hydrogens is 303 g/mol. The fourth-order valence-corrected chi connectivity index (χ4v) is 3.19. The quantitative estimate of drug-likeness (QED) is 0.378. The van der Waals surface area contributed by atoms with Crippen LogP contribution in [0.4, 0.5) is 0 Å². The van der Waals surface area contributed by atoms with Gasteiger partial charge in [-0.2, -0.15) is 0 Å². The van der Waals surface area contributed by atoms with Crippen molar-refractivity contribution >= 4 is 5.97 Å². The smallest absolute Gasteiger partial charge is 0.550 e. The summed E-state index contributed by atoms with van der Waals surface area (Å²) in [4.78, 5) is 10.3. The SMILES string of the molecule is CCCCCC1CCC(C(O)CCCCCCCC(=O)[O-])O1.[Na+]. The first-order valence-corrected chi connectivity index (χ1v) is 9.16. The van der Waals surface area contributed by atoms with Crippen molar-refractivity contribution in [2.24, 2.45) is 0 Å². The molecule has 1 fully saturated rings. The van der Waals surface area contributed by atoms with Gasteiger partial charge in [0, 0.05) is 5.97 Å². The van der Waals surface area contributed by atoms with Crippen molar-refractivity contribution < 1.29 is 49.3 Å². The predicted octanol–water partition coefficient (Wildman–Crippen LogP) is -0.0402. The molecule has 0 aromatic rings. The van der Waals surface area contributed by atoms with Crippen LogP contribution in [0.5, 0.6) is 0 Å². The van der Waals surface area contributed by atoms with Crippen LogP contribution in [0.3, 0.4) is 0 Å². The molecule has 4 nitrogen and oxygen atoms in total. The van der Waals surface area contributed by atoms with Crippen molar-refractivity contribution in [1.82, 2.24) is 0 Å². The fraction of sp³-hybridized carbons (Fsp3) is 0.944. The Kier molecular flexibility index (Phi) is 15.0. The van der Waals surface area contributed by atoms with Gasteiger partial charge in [0.2, 0.25) is 0 Å². The number of ether oxygens (including phenoxy) is 1. The molecule has 1 heterocycles. The van der Waals surface area contributed by atoms with Gasteiger partial charge in [0.05, 0.1) is 18.3 Å². The Bertz CT molecular complexity index is 299. The number of aliphatic hydroxyl groups is 1. The third-order valence-electron chi connectivity index (χ3n) is 4.58. The summed E-state index contributed by atoms with van der Waals surface area (Å²) in [7, 11) is 0. The van der Waals surface area contributed by atoms with E-state index in [4.69, 9.17) is 4.74 Å². The number of unbranched alkanes of at least 4 members (excludes halogenated alkanes) is 6. The van der Waals surface area contributed by atoms with Crippen LogP contribution in [0, 0.1) is 0 Å². The topological polar surface area (TPSA) is 69.6 Å². The monoisotopic (exact) mass is 336 g/mol. The molecule has 3 atom stereocenters. The second kappa shape index (κ2) is 14.7. The van der Waals surface area contributed by atoms with Crippen LogP contribution in [0.2, 0.25) is 0 Å². The summed E-state index contributed by atoms with van der Waals surface area (Å²) >= 11 is 0. The van der Waals surface area contributed by atoms with E-state index in [0.29, 0.717) is 12.5 Å². The average Bonchev–Trinajstić information content (AvgIpc) is 2.95. The van der Waals surface area contributed by atoms with Crippen molar-refractivity contribution in [3.05, 3.63) is 0 Å². The van der Waals surface area contributed by atoms with Gasteiger partial charge in [-0.1, -0.05) is 51.9 Å². The summed E-state index contributed by atoms with van der Waals surface area (Å²) in [5, 5.41) is 20.5. The van der Waals surface area contributed by atoms with Gasteiger partial charge in [-0.15, -0.1) is 0 Å². The number of hydrogen-bond acceptors (Lipinski definition) is 4. The van der Waals surface area contributed by atoms with Gasteiger partial charge in [0.15, 0.2) is 0 Å². The number of carboxylic acid groups (broad SMARTS) is 1. The molecule has 1 saturated heterocycles. The maximum absolute atomic E-state index is 10.3. The summed E-state index contributed by atoms with van der Waals surface area (Å²) < 4.78 is 5.97. The molecule has 0 saturated carbocycles.